The third-order valence-corrected chi connectivity index (χ3v) is 4.99. The van der Waals surface area contributed by atoms with Gasteiger partial charge in [0.1, 0.15) is 0 Å². The monoisotopic (exact) mass is 414 g/mol. The van der Waals surface area contributed by atoms with Gasteiger partial charge in [-0.15, -0.1) is 24.0 Å². The van der Waals surface area contributed by atoms with Crippen LogP contribution in [0.25, 0.3) is 0 Å². The fraction of sp³-hybridized carbons (Fsp3) is 0.647. The second-order valence-corrected chi connectivity index (χ2v) is 6.55. The summed E-state index contributed by atoms with van der Waals surface area (Å²) in [5, 5.41) is 3.47. The van der Waals surface area contributed by atoms with Gasteiger partial charge in [-0.25, -0.2) is 0 Å². The Labute approximate surface area is 150 Å². The molecule has 5 heteroatoms. The molecule has 0 atom stereocenters. The normalized spacial score (nSPS) is 20.3. The summed E-state index contributed by atoms with van der Waals surface area (Å²) in [5.41, 5.74) is 2.72. The highest BCUT2D eigenvalue weighted by molar-refractivity contribution is 14.0. The van der Waals surface area contributed by atoms with Gasteiger partial charge in [0.15, 0.2) is 5.96 Å². The van der Waals surface area contributed by atoms with E-state index in [0.29, 0.717) is 5.41 Å². The molecular formula is C17H27IN4. The third kappa shape index (κ3) is 3.91. The number of pyridine rings is 1. The highest BCUT2D eigenvalue weighted by atomic mass is 127. The van der Waals surface area contributed by atoms with Crippen molar-refractivity contribution in [1.82, 2.24) is 15.2 Å². The zero-order chi connectivity index (χ0) is 14.7. The van der Waals surface area contributed by atoms with Crippen molar-refractivity contribution >= 4 is 29.9 Å². The Morgan fingerprint density at radius 2 is 2.09 bits per heavy atom. The van der Waals surface area contributed by atoms with Crippen LogP contribution in [0.4, 0.5) is 0 Å². The number of nitrogens with zero attached hydrogens (tertiary/aromatic N) is 3. The maximum absolute atomic E-state index is 4.54. The second kappa shape index (κ2) is 7.62. The van der Waals surface area contributed by atoms with Crippen molar-refractivity contribution < 1.29 is 0 Å². The van der Waals surface area contributed by atoms with E-state index < -0.39 is 0 Å². The number of aromatic nitrogens is 1. The minimum atomic E-state index is 0. The summed E-state index contributed by atoms with van der Waals surface area (Å²) in [7, 11) is 1.88. The molecule has 2 fully saturated rings. The van der Waals surface area contributed by atoms with Gasteiger partial charge >= 0.3 is 0 Å². The van der Waals surface area contributed by atoms with E-state index in [2.05, 4.69) is 32.3 Å². The first-order valence-corrected chi connectivity index (χ1v) is 8.09. The lowest BCUT2D eigenvalue weighted by atomic mass is 9.86. The van der Waals surface area contributed by atoms with E-state index in [0.717, 1.165) is 30.4 Å². The van der Waals surface area contributed by atoms with Crippen LogP contribution in [-0.4, -0.2) is 36.0 Å². The van der Waals surface area contributed by atoms with Crippen molar-refractivity contribution in [2.45, 2.75) is 45.6 Å². The predicted octanol–water partition coefficient (Wildman–Crippen LogP) is 3.35. The van der Waals surface area contributed by atoms with Gasteiger partial charge in [0, 0.05) is 25.8 Å². The minimum Gasteiger partial charge on any atom is -0.351 e. The van der Waals surface area contributed by atoms with Crippen LogP contribution < -0.4 is 5.32 Å². The Morgan fingerprint density at radius 3 is 2.77 bits per heavy atom. The van der Waals surface area contributed by atoms with Gasteiger partial charge in [0.05, 0.1) is 12.2 Å². The Kier molecular flexibility index (Phi) is 6.06. The molecule has 1 aliphatic heterocycles. The molecule has 1 spiro atoms. The van der Waals surface area contributed by atoms with Crippen LogP contribution in [0.15, 0.2) is 23.2 Å². The van der Waals surface area contributed by atoms with Crippen molar-refractivity contribution in [3.63, 3.8) is 0 Å². The quantitative estimate of drug-likeness (QED) is 0.459. The lowest BCUT2D eigenvalue weighted by molar-refractivity contribution is 0.309. The van der Waals surface area contributed by atoms with Gasteiger partial charge in [-0.3, -0.25) is 9.98 Å². The summed E-state index contributed by atoms with van der Waals surface area (Å²) in [4.78, 5) is 11.4. The Hall–Kier alpha value is -0.850. The van der Waals surface area contributed by atoms with Crippen LogP contribution in [0.3, 0.4) is 0 Å². The number of guanidine groups is 1. The number of aliphatic imine (C=N–C) groups is 1. The van der Waals surface area contributed by atoms with Crippen LogP contribution in [-0.2, 0) is 6.54 Å². The highest BCUT2D eigenvalue weighted by Crippen LogP contribution is 2.45. The molecule has 0 amide bonds. The molecule has 3 rings (SSSR count). The zero-order valence-electron chi connectivity index (χ0n) is 13.6. The maximum atomic E-state index is 4.54. The van der Waals surface area contributed by atoms with Crippen LogP contribution in [0.1, 0.15) is 43.5 Å². The summed E-state index contributed by atoms with van der Waals surface area (Å²) >= 11 is 0. The molecule has 1 saturated heterocycles. The fourth-order valence-electron chi connectivity index (χ4n) is 3.85. The number of halogens is 1. The average Bonchev–Trinajstić information content (AvgIpc) is 3.11. The number of aryl methyl sites for hydroxylation is 1. The SMILES string of the molecule is CN=C(NCc1cccc(C)n1)N1CCC2(CCCC2)C1.I. The van der Waals surface area contributed by atoms with Crippen molar-refractivity contribution in [2.24, 2.45) is 10.4 Å². The average molecular weight is 414 g/mol. The van der Waals surface area contributed by atoms with Gasteiger partial charge in [-0.05, 0) is 43.7 Å². The Bertz CT molecular complexity index is 523. The molecule has 1 aliphatic carbocycles. The van der Waals surface area contributed by atoms with Gasteiger partial charge < -0.3 is 10.2 Å². The minimum absolute atomic E-state index is 0. The summed E-state index contributed by atoms with van der Waals surface area (Å²) < 4.78 is 0. The molecule has 0 unspecified atom stereocenters. The first-order valence-electron chi connectivity index (χ1n) is 8.09. The molecule has 2 heterocycles. The van der Waals surface area contributed by atoms with Crippen LogP contribution in [0, 0.1) is 12.3 Å². The first kappa shape index (κ1) is 17.5. The van der Waals surface area contributed by atoms with Crippen molar-refractivity contribution in [3.05, 3.63) is 29.6 Å². The van der Waals surface area contributed by atoms with Gasteiger partial charge in [0.25, 0.3) is 0 Å². The number of rotatable bonds is 2. The van der Waals surface area contributed by atoms with Gasteiger partial charge in [-0.2, -0.15) is 0 Å². The maximum Gasteiger partial charge on any atom is 0.193 e. The summed E-state index contributed by atoms with van der Waals surface area (Å²) in [5.74, 6) is 1.03. The molecular weight excluding hydrogens is 387 g/mol. The van der Waals surface area contributed by atoms with E-state index in [4.69, 9.17) is 0 Å². The van der Waals surface area contributed by atoms with Gasteiger partial charge in [-0.1, -0.05) is 18.9 Å². The molecule has 4 nitrogen and oxygen atoms in total. The molecule has 22 heavy (non-hydrogen) atoms. The number of likely N-dealkylation sites (tertiary alicyclic amines) is 1. The molecule has 0 aromatic carbocycles. The lowest BCUT2D eigenvalue weighted by Gasteiger charge is -2.25. The molecule has 1 aromatic rings. The molecule has 122 valence electrons. The molecule has 2 aliphatic rings. The molecule has 1 N–H and O–H groups in total. The standard InChI is InChI=1S/C17H26N4.HI/c1-14-6-5-7-15(20-14)12-19-16(18-2)21-11-10-17(13-21)8-3-4-9-17;/h5-7H,3-4,8-13H2,1-2H3,(H,18,19);1H. The summed E-state index contributed by atoms with van der Waals surface area (Å²) in [6, 6.07) is 6.16. The van der Waals surface area contributed by atoms with Crippen LogP contribution in [0.2, 0.25) is 0 Å². The van der Waals surface area contributed by atoms with E-state index >= 15 is 0 Å². The Balaban J connectivity index is 0.00000176. The summed E-state index contributed by atoms with van der Waals surface area (Å²) in [6.07, 6.45) is 6.95. The number of hydrogen-bond donors (Lipinski definition) is 1. The largest absolute Gasteiger partial charge is 0.351 e. The number of nitrogens with one attached hydrogen (secondary N) is 1. The smallest absolute Gasteiger partial charge is 0.193 e. The van der Waals surface area contributed by atoms with Crippen LogP contribution >= 0.6 is 24.0 Å². The van der Waals surface area contributed by atoms with E-state index in [1.165, 1.54) is 38.6 Å². The first-order chi connectivity index (χ1) is 10.2. The molecule has 1 aromatic heterocycles. The topological polar surface area (TPSA) is 40.5 Å². The van der Waals surface area contributed by atoms with Crippen molar-refractivity contribution in [2.75, 3.05) is 20.1 Å². The Morgan fingerprint density at radius 1 is 1.32 bits per heavy atom. The molecule has 0 radical (unpaired) electrons. The van der Waals surface area contributed by atoms with Crippen LogP contribution in [0.5, 0.6) is 0 Å². The van der Waals surface area contributed by atoms with Crippen molar-refractivity contribution in [1.29, 1.82) is 0 Å². The summed E-state index contributed by atoms with van der Waals surface area (Å²) in [6.45, 7) is 5.09. The predicted molar refractivity (Wildman–Crippen MR) is 102 cm³/mol. The van der Waals surface area contributed by atoms with E-state index in [1.807, 2.05) is 20.0 Å². The van der Waals surface area contributed by atoms with Crippen molar-refractivity contribution in [3.8, 4) is 0 Å². The van der Waals surface area contributed by atoms with E-state index in [1.54, 1.807) is 0 Å². The highest BCUT2D eigenvalue weighted by Gasteiger charge is 2.40. The number of hydrogen-bond acceptors (Lipinski definition) is 2. The zero-order valence-corrected chi connectivity index (χ0v) is 16.0. The lowest BCUT2D eigenvalue weighted by Crippen LogP contribution is -2.40. The van der Waals surface area contributed by atoms with Gasteiger partial charge in [0.2, 0.25) is 0 Å². The van der Waals surface area contributed by atoms with E-state index in [-0.39, 0.29) is 24.0 Å². The molecule has 1 saturated carbocycles. The van der Waals surface area contributed by atoms with E-state index in [9.17, 15) is 0 Å². The second-order valence-electron chi connectivity index (χ2n) is 6.55. The third-order valence-electron chi connectivity index (χ3n) is 4.99. The fourth-order valence-corrected chi connectivity index (χ4v) is 3.85. The molecule has 0 bridgehead atoms.